The molecule has 18 heavy (non-hydrogen) atoms. The monoisotopic (exact) mass is 361 g/mol. The van der Waals surface area contributed by atoms with Crippen molar-refractivity contribution >= 4 is 34.0 Å². The highest BCUT2D eigenvalue weighted by atomic mass is 127. The Kier molecular flexibility index (Phi) is 4.39. The molecular formula is C12H16IN3O2. The van der Waals surface area contributed by atoms with Gasteiger partial charge < -0.3 is 10.2 Å². The van der Waals surface area contributed by atoms with Crippen LogP contribution in [0.15, 0.2) is 18.2 Å². The van der Waals surface area contributed by atoms with Gasteiger partial charge in [-0.3, -0.25) is 10.1 Å². The van der Waals surface area contributed by atoms with Crippen molar-refractivity contribution in [2.75, 3.05) is 25.0 Å². The number of likely N-dealkylation sites (N-methyl/N-ethyl adjacent to an activating group) is 1. The molecule has 1 fully saturated rings. The largest absolute Gasteiger partial charge is 0.367 e. The summed E-state index contributed by atoms with van der Waals surface area (Å²) in [4.78, 5) is 12.7. The number of anilines is 1. The number of halogens is 1. The Bertz CT molecular complexity index is 447. The maximum atomic E-state index is 11.1. The van der Waals surface area contributed by atoms with Crippen molar-refractivity contribution < 1.29 is 4.92 Å². The topological polar surface area (TPSA) is 58.4 Å². The normalized spacial score (nSPS) is 18.9. The molecule has 6 heteroatoms. The quantitative estimate of drug-likeness (QED) is 0.508. The van der Waals surface area contributed by atoms with E-state index in [0.29, 0.717) is 11.7 Å². The van der Waals surface area contributed by atoms with Crippen molar-refractivity contribution in [3.63, 3.8) is 0 Å². The van der Waals surface area contributed by atoms with E-state index in [2.05, 4.69) is 27.9 Å². The zero-order valence-corrected chi connectivity index (χ0v) is 12.4. The zero-order valence-electron chi connectivity index (χ0n) is 10.2. The van der Waals surface area contributed by atoms with Gasteiger partial charge in [0.1, 0.15) is 5.69 Å². The maximum absolute atomic E-state index is 11.1. The lowest BCUT2D eigenvalue weighted by Gasteiger charge is -2.23. The Hall–Kier alpha value is -0.890. The molecule has 0 bridgehead atoms. The number of rotatable bonds is 4. The first-order chi connectivity index (χ1) is 8.58. The van der Waals surface area contributed by atoms with Crippen LogP contribution in [0.5, 0.6) is 0 Å². The number of nitro benzene ring substituents is 1. The molecule has 0 saturated carbocycles. The van der Waals surface area contributed by atoms with Crippen LogP contribution in [-0.4, -0.2) is 31.1 Å². The molecule has 1 aliphatic rings. The predicted molar refractivity (Wildman–Crippen MR) is 80.1 cm³/mol. The smallest absolute Gasteiger partial charge is 0.293 e. The van der Waals surface area contributed by atoms with Gasteiger partial charge in [0.15, 0.2) is 0 Å². The molecule has 1 heterocycles. The molecule has 1 unspecified atom stereocenters. The van der Waals surface area contributed by atoms with Crippen LogP contribution in [0.3, 0.4) is 0 Å². The third-order valence-corrected chi connectivity index (χ3v) is 3.87. The lowest BCUT2D eigenvalue weighted by atomic mass is 10.2. The van der Waals surface area contributed by atoms with Crippen molar-refractivity contribution in [3.05, 3.63) is 31.9 Å². The average Bonchev–Trinajstić information content (AvgIpc) is 2.81. The van der Waals surface area contributed by atoms with E-state index in [0.717, 1.165) is 23.1 Å². The first kappa shape index (κ1) is 13.5. The van der Waals surface area contributed by atoms with Crippen LogP contribution >= 0.6 is 22.6 Å². The fourth-order valence-corrected chi connectivity index (χ4v) is 2.78. The summed E-state index contributed by atoms with van der Waals surface area (Å²) in [6, 6.07) is 5.79. The summed E-state index contributed by atoms with van der Waals surface area (Å²) in [5.41, 5.74) is 0.872. The predicted octanol–water partition coefficient (Wildman–Crippen LogP) is 2.39. The molecule has 0 aromatic heterocycles. The highest BCUT2D eigenvalue weighted by molar-refractivity contribution is 14.1. The van der Waals surface area contributed by atoms with Crippen LogP contribution < -0.4 is 10.2 Å². The molecular weight excluding hydrogens is 345 g/mol. The molecule has 0 radical (unpaired) electrons. The maximum Gasteiger partial charge on any atom is 0.293 e. The van der Waals surface area contributed by atoms with Crippen molar-refractivity contribution in [2.24, 2.45) is 0 Å². The summed E-state index contributed by atoms with van der Waals surface area (Å²) in [7, 11) is 1.91. The minimum Gasteiger partial charge on any atom is -0.367 e. The summed E-state index contributed by atoms with van der Waals surface area (Å²) < 4.78 is 0.885. The van der Waals surface area contributed by atoms with E-state index >= 15 is 0 Å². The molecule has 1 aliphatic heterocycles. The molecule has 2 rings (SSSR count). The van der Waals surface area contributed by atoms with E-state index in [1.54, 1.807) is 6.07 Å². The molecule has 1 saturated heterocycles. The molecule has 1 N–H and O–H groups in total. The first-order valence-corrected chi connectivity index (χ1v) is 7.04. The molecule has 5 nitrogen and oxygen atoms in total. The number of hydrogen-bond donors (Lipinski definition) is 1. The van der Waals surface area contributed by atoms with Crippen LogP contribution in [0.2, 0.25) is 0 Å². The highest BCUT2D eigenvalue weighted by Crippen LogP contribution is 2.29. The number of nitrogens with one attached hydrogen (secondary N) is 1. The van der Waals surface area contributed by atoms with Gasteiger partial charge in [0.25, 0.3) is 5.69 Å². The Labute approximate surface area is 120 Å². The average molecular weight is 361 g/mol. The van der Waals surface area contributed by atoms with Gasteiger partial charge in [-0.2, -0.15) is 0 Å². The van der Waals surface area contributed by atoms with Gasteiger partial charge in [0.05, 0.1) is 4.92 Å². The summed E-state index contributed by atoms with van der Waals surface area (Å²) in [6.45, 7) is 1.86. The molecule has 98 valence electrons. The van der Waals surface area contributed by atoms with Gasteiger partial charge >= 0.3 is 0 Å². The van der Waals surface area contributed by atoms with E-state index in [9.17, 15) is 10.1 Å². The summed E-state index contributed by atoms with van der Waals surface area (Å²) in [5.74, 6) is 0. The van der Waals surface area contributed by atoms with E-state index in [1.807, 2.05) is 24.1 Å². The van der Waals surface area contributed by atoms with Gasteiger partial charge in [-0.05, 0) is 54.1 Å². The van der Waals surface area contributed by atoms with Crippen molar-refractivity contribution in [1.82, 2.24) is 5.32 Å². The fourth-order valence-electron chi connectivity index (χ4n) is 2.31. The van der Waals surface area contributed by atoms with Crippen LogP contribution in [0.4, 0.5) is 11.4 Å². The Morgan fingerprint density at radius 3 is 3.00 bits per heavy atom. The third kappa shape index (κ3) is 3.11. The SMILES string of the molecule is CN(CC1CCCN1)c1ccc(I)cc1[N+](=O)[O-]. The Morgan fingerprint density at radius 2 is 2.39 bits per heavy atom. The van der Waals surface area contributed by atoms with E-state index in [-0.39, 0.29) is 10.6 Å². The standard InChI is InChI=1S/C12H16IN3O2/c1-15(8-10-3-2-6-14-10)11-5-4-9(13)7-12(11)16(17)18/h4-5,7,10,14H,2-3,6,8H2,1H3. The second-order valence-electron chi connectivity index (χ2n) is 4.56. The van der Waals surface area contributed by atoms with Gasteiger partial charge in [0, 0.05) is 29.3 Å². The van der Waals surface area contributed by atoms with E-state index in [1.165, 1.54) is 6.42 Å². The molecule has 1 aromatic carbocycles. The molecule has 0 aliphatic carbocycles. The van der Waals surface area contributed by atoms with Crippen LogP contribution in [0, 0.1) is 13.7 Å². The van der Waals surface area contributed by atoms with Gasteiger partial charge in [0.2, 0.25) is 0 Å². The third-order valence-electron chi connectivity index (χ3n) is 3.20. The molecule has 1 aromatic rings. The zero-order chi connectivity index (χ0) is 13.1. The van der Waals surface area contributed by atoms with Gasteiger partial charge in [-0.25, -0.2) is 0 Å². The molecule has 0 spiro atoms. The van der Waals surface area contributed by atoms with Crippen LogP contribution in [-0.2, 0) is 0 Å². The second kappa shape index (κ2) is 5.83. The van der Waals surface area contributed by atoms with Gasteiger partial charge in [-0.1, -0.05) is 0 Å². The van der Waals surface area contributed by atoms with Crippen LogP contribution in [0.1, 0.15) is 12.8 Å². The van der Waals surface area contributed by atoms with Gasteiger partial charge in [-0.15, -0.1) is 0 Å². The van der Waals surface area contributed by atoms with E-state index in [4.69, 9.17) is 0 Å². The molecule has 1 atom stereocenters. The second-order valence-corrected chi connectivity index (χ2v) is 5.81. The lowest BCUT2D eigenvalue weighted by Crippen LogP contribution is -2.35. The Balaban J connectivity index is 2.17. The minimum atomic E-state index is -0.309. The number of nitro groups is 1. The molecule has 0 amide bonds. The minimum absolute atomic E-state index is 0.183. The van der Waals surface area contributed by atoms with E-state index < -0.39 is 0 Å². The fraction of sp³-hybridized carbons (Fsp3) is 0.500. The highest BCUT2D eigenvalue weighted by Gasteiger charge is 2.21. The van der Waals surface area contributed by atoms with Crippen molar-refractivity contribution in [1.29, 1.82) is 0 Å². The summed E-state index contributed by atoms with van der Waals surface area (Å²) in [6.07, 6.45) is 2.33. The number of nitrogens with zero attached hydrogens (tertiary/aromatic N) is 2. The Morgan fingerprint density at radius 1 is 1.61 bits per heavy atom. The summed E-state index contributed by atoms with van der Waals surface area (Å²) >= 11 is 2.09. The van der Waals surface area contributed by atoms with Crippen LogP contribution in [0.25, 0.3) is 0 Å². The van der Waals surface area contributed by atoms with Crippen molar-refractivity contribution in [3.8, 4) is 0 Å². The summed E-state index contributed by atoms with van der Waals surface area (Å²) in [5, 5.41) is 14.5. The van der Waals surface area contributed by atoms with Crippen molar-refractivity contribution in [2.45, 2.75) is 18.9 Å². The lowest BCUT2D eigenvalue weighted by molar-refractivity contribution is -0.384. The first-order valence-electron chi connectivity index (χ1n) is 5.96. The number of hydrogen-bond acceptors (Lipinski definition) is 4. The number of benzene rings is 1.